The molecule has 0 amide bonds. The monoisotopic (exact) mass is 404 g/mol. The fourth-order valence-electron chi connectivity index (χ4n) is 4.90. The zero-order valence-corrected chi connectivity index (χ0v) is 17.5. The summed E-state index contributed by atoms with van der Waals surface area (Å²) in [6, 6.07) is 7.58. The van der Waals surface area contributed by atoms with E-state index in [0.29, 0.717) is 12.6 Å². The van der Waals surface area contributed by atoms with E-state index in [-0.39, 0.29) is 5.56 Å². The highest BCUT2D eigenvalue weighted by Gasteiger charge is 2.28. The number of fused-ring (bicyclic) bond motifs is 1. The molecule has 1 aliphatic carbocycles. The second kappa shape index (κ2) is 8.14. The molecule has 0 aromatic carbocycles. The Balaban J connectivity index is 1.37. The van der Waals surface area contributed by atoms with Gasteiger partial charge in [0.25, 0.3) is 5.56 Å². The molecule has 7 nitrogen and oxygen atoms in total. The third-order valence-electron chi connectivity index (χ3n) is 6.53. The molecule has 7 heteroatoms. The van der Waals surface area contributed by atoms with Crippen molar-refractivity contribution in [2.75, 3.05) is 6.54 Å². The molecule has 0 saturated carbocycles. The first-order valence-electron chi connectivity index (χ1n) is 11.0. The van der Waals surface area contributed by atoms with E-state index in [1.807, 2.05) is 12.1 Å². The molecule has 1 saturated heterocycles. The molecule has 3 aromatic rings. The van der Waals surface area contributed by atoms with Crippen molar-refractivity contribution >= 4 is 0 Å². The Kier molecular flexibility index (Phi) is 5.21. The molecule has 0 radical (unpaired) electrons. The summed E-state index contributed by atoms with van der Waals surface area (Å²) in [5.41, 5.74) is 5.84. The third kappa shape index (κ3) is 3.69. The average molecular weight is 405 g/mol. The van der Waals surface area contributed by atoms with Crippen LogP contribution in [-0.2, 0) is 33.0 Å². The van der Waals surface area contributed by atoms with E-state index in [2.05, 4.69) is 26.7 Å². The van der Waals surface area contributed by atoms with Crippen LogP contribution in [0.2, 0.25) is 0 Å². The summed E-state index contributed by atoms with van der Waals surface area (Å²) in [6.07, 6.45) is 10.5. The standard InChI is InChI=1S/C23H28N6O/c1-27-22(19-6-2-3-7-21(19)25-27)16-28-14-4-5-18(28)15-29-23(30)9-8-20(26-29)17-10-12-24-13-11-17/h8-13,18H,2-7,14-16H2,1H3. The fraction of sp³-hybridized carbons (Fsp3) is 0.478. The van der Waals surface area contributed by atoms with Gasteiger partial charge in [-0.3, -0.25) is 19.4 Å². The van der Waals surface area contributed by atoms with Crippen molar-refractivity contribution < 1.29 is 0 Å². The lowest BCUT2D eigenvalue weighted by atomic mass is 9.95. The molecular weight excluding hydrogens is 376 g/mol. The summed E-state index contributed by atoms with van der Waals surface area (Å²) >= 11 is 0. The molecule has 1 atom stereocenters. The Morgan fingerprint density at radius 3 is 2.73 bits per heavy atom. The Bertz CT molecular complexity index is 1090. The van der Waals surface area contributed by atoms with Crippen LogP contribution in [0.25, 0.3) is 11.3 Å². The van der Waals surface area contributed by atoms with Crippen molar-refractivity contribution in [3.8, 4) is 11.3 Å². The second-order valence-electron chi connectivity index (χ2n) is 8.44. The van der Waals surface area contributed by atoms with Gasteiger partial charge in [0, 0.05) is 43.7 Å². The predicted octanol–water partition coefficient (Wildman–Crippen LogP) is 2.58. The van der Waals surface area contributed by atoms with Gasteiger partial charge in [0.05, 0.1) is 23.6 Å². The zero-order valence-electron chi connectivity index (χ0n) is 17.5. The molecule has 0 N–H and O–H groups in total. The number of aryl methyl sites for hydroxylation is 2. The highest BCUT2D eigenvalue weighted by molar-refractivity contribution is 5.56. The summed E-state index contributed by atoms with van der Waals surface area (Å²) in [7, 11) is 2.07. The van der Waals surface area contributed by atoms with Crippen molar-refractivity contribution in [1.29, 1.82) is 0 Å². The summed E-state index contributed by atoms with van der Waals surface area (Å²) < 4.78 is 3.72. The number of hydrogen-bond acceptors (Lipinski definition) is 5. The smallest absolute Gasteiger partial charge is 0.266 e. The minimum Gasteiger partial charge on any atom is -0.293 e. The SMILES string of the molecule is Cn1nc2c(c1CN1CCCC1Cn1nc(-c3ccncc3)ccc1=O)CCCC2. The van der Waals surface area contributed by atoms with Gasteiger partial charge < -0.3 is 0 Å². The summed E-state index contributed by atoms with van der Waals surface area (Å²) in [4.78, 5) is 19.1. The van der Waals surface area contributed by atoms with E-state index in [0.717, 1.165) is 50.0 Å². The number of aromatic nitrogens is 5. The van der Waals surface area contributed by atoms with Crippen molar-refractivity contribution in [3.05, 3.63) is 64.0 Å². The van der Waals surface area contributed by atoms with Crippen LogP contribution in [0.4, 0.5) is 0 Å². The summed E-state index contributed by atoms with van der Waals surface area (Å²) in [6.45, 7) is 2.59. The van der Waals surface area contributed by atoms with Crippen LogP contribution in [-0.4, -0.2) is 42.0 Å². The quantitative estimate of drug-likeness (QED) is 0.654. The van der Waals surface area contributed by atoms with Crippen molar-refractivity contribution in [1.82, 2.24) is 29.4 Å². The summed E-state index contributed by atoms with van der Waals surface area (Å²) in [5, 5.41) is 9.44. The highest BCUT2D eigenvalue weighted by Crippen LogP contribution is 2.27. The van der Waals surface area contributed by atoms with Crippen LogP contribution in [0.5, 0.6) is 0 Å². The molecule has 1 unspecified atom stereocenters. The average Bonchev–Trinajstić information content (AvgIpc) is 3.34. The molecule has 1 fully saturated rings. The molecule has 4 heterocycles. The van der Waals surface area contributed by atoms with Gasteiger partial charge in [-0.15, -0.1) is 0 Å². The Hall–Kier alpha value is -2.80. The maximum Gasteiger partial charge on any atom is 0.266 e. The molecule has 30 heavy (non-hydrogen) atoms. The van der Waals surface area contributed by atoms with E-state index in [4.69, 9.17) is 5.10 Å². The van der Waals surface area contributed by atoms with Crippen molar-refractivity contribution in [3.63, 3.8) is 0 Å². The minimum absolute atomic E-state index is 0.0439. The van der Waals surface area contributed by atoms with Crippen LogP contribution in [0.15, 0.2) is 41.5 Å². The van der Waals surface area contributed by atoms with E-state index in [1.165, 1.54) is 29.8 Å². The van der Waals surface area contributed by atoms with Crippen molar-refractivity contribution in [2.24, 2.45) is 7.05 Å². The summed E-state index contributed by atoms with van der Waals surface area (Å²) in [5.74, 6) is 0. The highest BCUT2D eigenvalue weighted by atomic mass is 16.1. The maximum atomic E-state index is 12.5. The lowest BCUT2D eigenvalue weighted by molar-refractivity contribution is 0.211. The number of nitrogens with zero attached hydrogens (tertiary/aromatic N) is 6. The normalized spacial score (nSPS) is 19.2. The minimum atomic E-state index is -0.0439. The third-order valence-corrected chi connectivity index (χ3v) is 6.53. The first kappa shape index (κ1) is 19.2. The molecule has 2 aliphatic rings. The second-order valence-corrected chi connectivity index (χ2v) is 8.44. The Labute approximate surface area is 176 Å². The van der Waals surface area contributed by atoms with E-state index >= 15 is 0 Å². The lowest BCUT2D eigenvalue weighted by Gasteiger charge is -2.25. The van der Waals surface area contributed by atoms with Gasteiger partial charge in [-0.25, -0.2) is 4.68 Å². The number of rotatable bonds is 5. The molecular formula is C23H28N6O. The molecule has 1 aliphatic heterocycles. The van der Waals surface area contributed by atoms with Gasteiger partial charge in [-0.05, 0) is 68.8 Å². The lowest BCUT2D eigenvalue weighted by Crippen LogP contribution is -2.37. The van der Waals surface area contributed by atoms with Gasteiger partial charge in [0.15, 0.2) is 0 Å². The number of pyridine rings is 1. The predicted molar refractivity (Wildman–Crippen MR) is 115 cm³/mol. The molecule has 156 valence electrons. The van der Waals surface area contributed by atoms with Crippen LogP contribution in [0.1, 0.15) is 42.6 Å². The molecule has 0 spiro atoms. The Morgan fingerprint density at radius 1 is 1.03 bits per heavy atom. The van der Waals surface area contributed by atoms with E-state index in [1.54, 1.807) is 29.2 Å². The number of hydrogen-bond donors (Lipinski definition) is 0. The largest absolute Gasteiger partial charge is 0.293 e. The Morgan fingerprint density at radius 2 is 1.87 bits per heavy atom. The van der Waals surface area contributed by atoms with Crippen molar-refractivity contribution in [2.45, 2.75) is 57.7 Å². The fourth-order valence-corrected chi connectivity index (χ4v) is 4.90. The van der Waals surface area contributed by atoms with E-state index < -0.39 is 0 Å². The molecule has 0 bridgehead atoms. The molecule has 3 aromatic heterocycles. The van der Waals surface area contributed by atoms with Crippen LogP contribution in [0.3, 0.4) is 0 Å². The van der Waals surface area contributed by atoms with Crippen LogP contribution in [0, 0.1) is 0 Å². The van der Waals surface area contributed by atoms with Gasteiger partial charge in [-0.1, -0.05) is 0 Å². The van der Waals surface area contributed by atoms with Gasteiger partial charge in [0.1, 0.15) is 0 Å². The van der Waals surface area contributed by atoms with Crippen LogP contribution < -0.4 is 5.56 Å². The van der Waals surface area contributed by atoms with E-state index in [9.17, 15) is 4.79 Å². The molecule has 5 rings (SSSR count). The van der Waals surface area contributed by atoms with Gasteiger partial charge in [-0.2, -0.15) is 10.2 Å². The van der Waals surface area contributed by atoms with Crippen LogP contribution >= 0.6 is 0 Å². The first-order chi connectivity index (χ1) is 14.7. The van der Waals surface area contributed by atoms with Gasteiger partial charge >= 0.3 is 0 Å². The maximum absolute atomic E-state index is 12.5. The van der Waals surface area contributed by atoms with Gasteiger partial charge in [0.2, 0.25) is 0 Å². The number of likely N-dealkylation sites (tertiary alicyclic amines) is 1. The zero-order chi connectivity index (χ0) is 20.5. The first-order valence-corrected chi connectivity index (χ1v) is 11.0. The topological polar surface area (TPSA) is 68.8 Å².